The summed E-state index contributed by atoms with van der Waals surface area (Å²) in [5, 5.41) is 0. The third-order valence-electron chi connectivity index (χ3n) is 3.14. The highest BCUT2D eigenvalue weighted by atomic mass is 16.5. The number of ether oxygens (including phenoxy) is 3. The van der Waals surface area contributed by atoms with E-state index in [9.17, 15) is 0 Å². The van der Waals surface area contributed by atoms with Gasteiger partial charge >= 0.3 is 0 Å². The molecule has 1 heterocycles. The van der Waals surface area contributed by atoms with E-state index in [2.05, 4.69) is 20.4 Å². The average molecular weight is 262 g/mol. The molecule has 0 aromatic heterocycles. The maximum absolute atomic E-state index is 5.90. The fraction of sp³-hybridized carbons (Fsp3) is 0.500. The van der Waals surface area contributed by atoms with Gasteiger partial charge in [-0.1, -0.05) is 32.6 Å². The van der Waals surface area contributed by atoms with Gasteiger partial charge in [-0.3, -0.25) is 0 Å². The highest BCUT2D eigenvalue weighted by Crippen LogP contribution is 2.33. The van der Waals surface area contributed by atoms with Crippen molar-refractivity contribution < 1.29 is 14.2 Å². The van der Waals surface area contributed by atoms with Crippen LogP contribution in [0.1, 0.15) is 25.8 Å². The molecule has 0 N–H and O–H groups in total. The molecule has 0 unspecified atom stereocenters. The van der Waals surface area contributed by atoms with Crippen molar-refractivity contribution in [1.82, 2.24) is 0 Å². The fourth-order valence-electron chi connectivity index (χ4n) is 1.88. The summed E-state index contributed by atoms with van der Waals surface area (Å²) in [6.07, 6.45) is 2.78. The van der Waals surface area contributed by atoms with Gasteiger partial charge in [0.2, 0.25) is 0 Å². The SMILES string of the molecule is C=Cc1ccc(OCC2(C)COC2)c(OCCC)c1. The van der Waals surface area contributed by atoms with Crippen molar-refractivity contribution in [2.45, 2.75) is 20.3 Å². The molecule has 104 valence electrons. The zero-order valence-corrected chi connectivity index (χ0v) is 11.8. The first-order valence-corrected chi connectivity index (χ1v) is 6.77. The highest BCUT2D eigenvalue weighted by Gasteiger charge is 2.34. The molecule has 1 saturated heterocycles. The zero-order valence-electron chi connectivity index (χ0n) is 11.8. The van der Waals surface area contributed by atoms with Crippen LogP contribution in [0.15, 0.2) is 24.8 Å². The standard InChI is InChI=1S/C16H22O3/c1-4-8-18-15-9-13(5-2)6-7-14(15)19-12-16(3)10-17-11-16/h5-7,9H,2,4,8,10-12H2,1,3H3. The smallest absolute Gasteiger partial charge is 0.161 e. The molecule has 0 saturated carbocycles. The summed E-state index contributed by atoms with van der Waals surface area (Å²) in [4.78, 5) is 0. The molecule has 1 fully saturated rings. The van der Waals surface area contributed by atoms with Gasteiger partial charge in [-0.15, -0.1) is 0 Å². The van der Waals surface area contributed by atoms with Gasteiger partial charge in [-0.25, -0.2) is 0 Å². The van der Waals surface area contributed by atoms with Gasteiger partial charge < -0.3 is 14.2 Å². The van der Waals surface area contributed by atoms with Gasteiger partial charge in [0.25, 0.3) is 0 Å². The predicted molar refractivity (Wildman–Crippen MR) is 76.7 cm³/mol. The van der Waals surface area contributed by atoms with E-state index in [1.54, 1.807) is 0 Å². The van der Waals surface area contributed by atoms with E-state index in [0.29, 0.717) is 13.2 Å². The molecule has 1 aliphatic rings. The van der Waals surface area contributed by atoms with Crippen LogP contribution >= 0.6 is 0 Å². The van der Waals surface area contributed by atoms with Crippen LogP contribution in [0.4, 0.5) is 0 Å². The second-order valence-electron chi connectivity index (χ2n) is 5.35. The summed E-state index contributed by atoms with van der Waals surface area (Å²) in [5.74, 6) is 1.59. The number of hydrogen-bond donors (Lipinski definition) is 0. The van der Waals surface area contributed by atoms with Crippen molar-refractivity contribution >= 4 is 6.08 Å². The van der Waals surface area contributed by atoms with Gasteiger partial charge in [-0.2, -0.15) is 0 Å². The lowest BCUT2D eigenvalue weighted by molar-refractivity contribution is -0.120. The molecule has 0 radical (unpaired) electrons. The van der Waals surface area contributed by atoms with E-state index in [1.165, 1.54) is 0 Å². The molecule has 3 heteroatoms. The van der Waals surface area contributed by atoms with E-state index >= 15 is 0 Å². The Hall–Kier alpha value is -1.48. The largest absolute Gasteiger partial charge is 0.490 e. The van der Waals surface area contributed by atoms with Crippen LogP contribution in [0, 0.1) is 5.41 Å². The molecule has 1 aromatic carbocycles. The Bertz CT molecular complexity index is 436. The first kappa shape index (κ1) is 13.9. The molecule has 1 aromatic rings. The van der Waals surface area contributed by atoms with Crippen molar-refractivity contribution in [3.63, 3.8) is 0 Å². The molecular weight excluding hydrogens is 240 g/mol. The first-order valence-electron chi connectivity index (χ1n) is 6.77. The van der Waals surface area contributed by atoms with Crippen molar-refractivity contribution in [3.05, 3.63) is 30.3 Å². The highest BCUT2D eigenvalue weighted by molar-refractivity contribution is 5.54. The Morgan fingerprint density at radius 2 is 2.11 bits per heavy atom. The molecule has 0 atom stereocenters. The van der Waals surface area contributed by atoms with E-state index in [0.717, 1.165) is 36.7 Å². The maximum Gasteiger partial charge on any atom is 0.161 e. The minimum atomic E-state index is 0.138. The van der Waals surface area contributed by atoms with Gasteiger partial charge in [0.15, 0.2) is 11.5 Å². The molecule has 0 spiro atoms. The summed E-state index contributed by atoms with van der Waals surface area (Å²) in [7, 11) is 0. The summed E-state index contributed by atoms with van der Waals surface area (Å²) >= 11 is 0. The molecular formula is C16H22O3. The Kier molecular flexibility index (Phi) is 4.48. The van der Waals surface area contributed by atoms with Crippen LogP contribution in [0.25, 0.3) is 6.08 Å². The van der Waals surface area contributed by atoms with Gasteiger partial charge in [0.1, 0.15) is 0 Å². The second-order valence-corrected chi connectivity index (χ2v) is 5.35. The van der Waals surface area contributed by atoms with Crippen molar-refractivity contribution in [3.8, 4) is 11.5 Å². The quantitative estimate of drug-likeness (QED) is 0.752. The Morgan fingerprint density at radius 3 is 2.68 bits per heavy atom. The van der Waals surface area contributed by atoms with Crippen LogP contribution in [0.3, 0.4) is 0 Å². The van der Waals surface area contributed by atoms with Gasteiger partial charge in [0, 0.05) is 5.41 Å². The lowest BCUT2D eigenvalue weighted by Gasteiger charge is -2.37. The molecule has 19 heavy (non-hydrogen) atoms. The third kappa shape index (κ3) is 3.51. The number of rotatable bonds is 7. The third-order valence-corrected chi connectivity index (χ3v) is 3.14. The summed E-state index contributed by atoms with van der Waals surface area (Å²) < 4.78 is 16.9. The van der Waals surface area contributed by atoms with Crippen molar-refractivity contribution in [2.75, 3.05) is 26.4 Å². The Labute approximate surface area is 115 Å². The lowest BCUT2D eigenvalue weighted by Crippen LogP contribution is -2.44. The normalized spacial score (nSPS) is 16.5. The van der Waals surface area contributed by atoms with E-state index in [4.69, 9.17) is 14.2 Å². The van der Waals surface area contributed by atoms with Crippen LogP contribution in [0.5, 0.6) is 11.5 Å². The van der Waals surface area contributed by atoms with Crippen LogP contribution in [-0.2, 0) is 4.74 Å². The monoisotopic (exact) mass is 262 g/mol. The van der Waals surface area contributed by atoms with Crippen LogP contribution < -0.4 is 9.47 Å². The number of hydrogen-bond acceptors (Lipinski definition) is 3. The average Bonchev–Trinajstić information content (AvgIpc) is 2.41. The van der Waals surface area contributed by atoms with Crippen LogP contribution in [0.2, 0.25) is 0 Å². The number of benzene rings is 1. The Morgan fingerprint density at radius 1 is 1.32 bits per heavy atom. The summed E-state index contributed by atoms with van der Waals surface area (Å²) in [6.45, 7) is 10.9. The van der Waals surface area contributed by atoms with E-state index in [-0.39, 0.29) is 5.41 Å². The minimum absolute atomic E-state index is 0.138. The lowest BCUT2D eigenvalue weighted by atomic mass is 9.90. The topological polar surface area (TPSA) is 27.7 Å². The van der Waals surface area contributed by atoms with Gasteiger partial charge in [-0.05, 0) is 24.1 Å². The summed E-state index contributed by atoms with van der Waals surface area (Å²) in [5.41, 5.74) is 1.18. The Balaban J connectivity index is 2.06. The minimum Gasteiger partial charge on any atom is -0.490 e. The van der Waals surface area contributed by atoms with Crippen LogP contribution in [-0.4, -0.2) is 26.4 Å². The van der Waals surface area contributed by atoms with Gasteiger partial charge in [0.05, 0.1) is 26.4 Å². The van der Waals surface area contributed by atoms with Crippen molar-refractivity contribution in [2.24, 2.45) is 5.41 Å². The molecule has 0 amide bonds. The molecule has 0 aliphatic carbocycles. The maximum atomic E-state index is 5.90. The molecule has 3 nitrogen and oxygen atoms in total. The molecule has 1 aliphatic heterocycles. The van der Waals surface area contributed by atoms with E-state index < -0.39 is 0 Å². The molecule has 0 bridgehead atoms. The van der Waals surface area contributed by atoms with Crippen molar-refractivity contribution in [1.29, 1.82) is 0 Å². The second kappa shape index (κ2) is 6.11. The molecule has 2 rings (SSSR count). The fourth-order valence-corrected chi connectivity index (χ4v) is 1.88. The zero-order chi connectivity index (χ0) is 13.7. The predicted octanol–water partition coefficient (Wildman–Crippen LogP) is 3.53. The van der Waals surface area contributed by atoms with E-state index in [1.807, 2.05) is 24.3 Å². The first-order chi connectivity index (χ1) is 9.17. The summed E-state index contributed by atoms with van der Waals surface area (Å²) in [6, 6.07) is 5.91.